The third-order valence-corrected chi connectivity index (χ3v) is 4.29. The van der Waals surface area contributed by atoms with Crippen molar-refractivity contribution < 1.29 is 19.0 Å². The van der Waals surface area contributed by atoms with Gasteiger partial charge in [-0.2, -0.15) is 0 Å². The largest absolute Gasteiger partial charge is 0.452 e. The SMILES string of the molecule is CCOC(C)OCC1(CC#CC(=O)OCC(Cl)(Cl)Cl)CCCCC1. The molecule has 0 radical (unpaired) electrons. The van der Waals surface area contributed by atoms with Crippen LogP contribution >= 0.6 is 34.8 Å². The fraction of sp³-hybridized carbons (Fsp3) is 0.824. The predicted octanol–water partition coefficient (Wildman–Crippen LogP) is 4.64. The molecule has 1 aliphatic rings. The van der Waals surface area contributed by atoms with Gasteiger partial charge in [-0.1, -0.05) is 60.0 Å². The van der Waals surface area contributed by atoms with E-state index in [0.29, 0.717) is 19.6 Å². The quantitative estimate of drug-likeness (QED) is 0.206. The molecule has 24 heavy (non-hydrogen) atoms. The normalized spacial score (nSPS) is 18.4. The maximum atomic E-state index is 11.6. The third-order valence-electron chi connectivity index (χ3n) is 3.96. The number of carbonyl (C=O) groups is 1. The van der Waals surface area contributed by atoms with Gasteiger partial charge in [0.2, 0.25) is 3.79 Å². The minimum Gasteiger partial charge on any atom is -0.452 e. The molecule has 0 aromatic heterocycles. The van der Waals surface area contributed by atoms with E-state index in [9.17, 15) is 4.79 Å². The Morgan fingerprint density at radius 2 is 1.88 bits per heavy atom. The van der Waals surface area contributed by atoms with Crippen LogP contribution in [0, 0.1) is 17.3 Å². The number of halogens is 3. The minimum atomic E-state index is -1.62. The van der Waals surface area contributed by atoms with Gasteiger partial charge in [0.05, 0.1) is 6.61 Å². The Balaban J connectivity index is 2.54. The monoisotopic (exact) mass is 398 g/mol. The second-order valence-electron chi connectivity index (χ2n) is 6.06. The van der Waals surface area contributed by atoms with Gasteiger partial charge < -0.3 is 14.2 Å². The summed E-state index contributed by atoms with van der Waals surface area (Å²) in [5.41, 5.74) is -0.0356. The van der Waals surface area contributed by atoms with Crippen molar-refractivity contribution in [3.63, 3.8) is 0 Å². The van der Waals surface area contributed by atoms with Gasteiger partial charge in [-0.15, -0.1) is 0 Å². The fourth-order valence-electron chi connectivity index (χ4n) is 2.74. The highest BCUT2D eigenvalue weighted by atomic mass is 35.6. The van der Waals surface area contributed by atoms with Crippen LogP contribution in [0.15, 0.2) is 0 Å². The van der Waals surface area contributed by atoms with Crippen molar-refractivity contribution in [1.82, 2.24) is 0 Å². The van der Waals surface area contributed by atoms with E-state index in [0.717, 1.165) is 25.7 Å². The second-order valence-corrected chi connectivity index (χ2v) is 8.58. The molecule has 1 aliphatic carbocycles. The van der Waals surface area contributed by atoms with Gasteiger partial charge in [0, 0.05) is 24.4 Å². The number of carbonyl (C=O) groups excluding carboxylic acids is 1. The maximum absolute atomic E-state index is 11.6. The highest BCUT2D eigenvalue weighted by Gasteiger charge is 2.32. The summed E-state index contributed by atoms with van der Waals surface area (Å²) in [4.78, 5) is 11.6. The highest BCUT2D eigenvalue weighted by molar-refractivity contribution is 6.67. The van der Waals surface area contributed by atoms with Crippen LogP contribution in [0.2, 0.25) is 0 Å². The second kappa shape index (κ2) is 10.7. The summed E-state index contributed by atoms with van der Waals surface area (Å²) in [6.07, 6.45) is 5.91. The van der Waals surface area contributed by atoms with Crippen molar-refractivity contribution in [1.29, 1.82) is 0 Å². The Morgan fingerprint density at radius 3 is 2.46 bits per heavy atom. The minimum absolute atomic E-state index is 0.0356. The van der Waals surface area contributed by atoms with Crippen LogP contribution < -0.4 is 0 Å². The molecule has 0 heterocycles. The molecule has 0 aliphatic heterocycles. The van der Waals surface area contributed by atoms with Crippen molar-refractivity contribution in [2.45, 2.75) is 62.5 Å². The number of alkyl halides is 3. The van der Waals surface area contributed by atoms with E-state index < -0.39 is 9.76 Å². The van der Waals surface area contributed by atoms with Crippen LogP contribution in [-0.2, 0) is 19.0 Å². The highest BCUT2D eigenvalue weighted by Crippen LogP contribution is 2.39. The Kier molecular flexibility index (Phi) is 9.77. The third kappa shape index (κ3) is 9.34. The molecule has 1 fully saturated rings. The Morgan fingerprint density at radius 1 is 1.21 bits per heavy atom. The van der Waals surface area contributed by atoms with Crippen molar-refractivity contribution >= 4 is 40.8 Å². The summed E-state index contributed by atoms with van der Waals surface area (Å²) in [5, 5.41) is 0. The number of hydrogen-bond acceptors (Lipinski definition) is 4. The Labute approximate surface area is 159 Å². The summed E-state index contributed by atoms with van der Waals surface area (Å²) in [6.45, 7) is 4.70. The van der Waals surface area contributed by atoms with E-state index >= 15 is 0 Å². The Bertz CT molecular complexity index is 445. The van der Waals surface area contributed by atoms with Crippen molar-refractivity contribution in [2.24, 2.45) is 5.41 Å². The molecule has 0 saturated heterocycles. The van der Waals surface area contributed by atoms with E-state index in [1.165, 1.54) is 6.42 Å². The van der Waals surface area contributed by atoms with Gasteiger partial charge in [-0.3, -0.25) is 0 Å². The smallest absolute Gasteiger partial charge is 0.384 e. The zero-order chi connectivity index (χ0) is 18.1. The zero-order valence-corrected chi connectivity index (χ0v) is 16.5. The molecule has 0 amide bonds. The summed E-state index contributed by atoms with van der Waals surface area (Å²) >= 11 is 16.6. The summed E-state index contributed by atoms with van der Waals surface area (Å²) in [5.74, 6) is 4.69. The van der Waals surface area contributed by atoms with Gasteiger partial charge >= 0.3 is 5.97 Å². The summed E-state index contributed by atoms with van der Waals surface area (Å²) < 4.78 is 14.4. The lowest BCUT2D eigenvalue weighted by Gasteiger charge is -2.36. The van der Waals surface area contributed by atoms with Crippen LogP contribution in [0.3, 0.4) is 0 Å². The van der Waals surface area contributed by atoms with Crippen molar-refractivity contribution in [3.05, 3.63) is 0 Å². The molecule has 0 bridgehead atoms. The first-order valence-electron chi connectivity index (χ1n) is 8.22. The lowest BCUT2D eigenvalue weighted by Crippen LogP contribution is -2.31. The van der Waals surface area contributed by atoms with Gasteiger partial charge in [0.15, 0.2) is 6.29 Å². The maximum Gasteiger partial charge on any atom is 0.384 e. The number of esters is 1. The topological polar surface area (TPSA) is 44.8 Å². The molecule has 0 aromatic carbocycles. The molecule has 138 valence electrons. The van der Waals surface area contributed by atoms with Gasteiger partial charge in [0.25, 0.3) is 0 Å². The molecular weight excluding hydrogens is 375 g/mol. The van der Waals surface area contributed by atoms with E-state index in [1.54, 1.807) is 0 Å². The molecule has 4 nitrogen and oxygen atoms in total. The first kappa shape index (κ1) is 21.9. The van der Waals surface area contributed by atoms with Gasteiger partial charge in [-0.05, 0) is 26.7 Å². The molecule has 7 heteroatoms. The molecular formula is C17H25Cl3O4. The van der Waals surface area contributed by atoms with E-state index in [2.05, 4.69) is 11.8 Å². The molecule has 0 N–H and O–H groups in total. The van der Waals surface area contributed by atoms with Crippen LogP contribution in [0.5, 0.6) is 0 Å². The van der Waals surface area contributed by atoms with Crippen LogP contribution in [0.1, 0.15) is 52.4 Å². The standard InChI is InChI=1S/C17H25Cl3O4/c1-3-22-14(2)23-12-16(9-5-4-6-10-16)11-7-8-15(21)24-13-17(18,19)20/h14H,3-6,9-13H2,1-2H3. The average molecular weight is 400 g/mol. The molecule has 0 spiro atoms. The first-order valence-corrected chi connectivity index (χ1v) is 9.35. The predicted molar refractivity (Wildman–Crippen MR) is 96.2 cm³/mol. The van der Waals surface area contributed by atoms with Crippen LogP contribution in [-0.4, -0.2) is 35.9 Å². The zero-order valence-electron chi connectivity index (χ0n) is 14.2. The summed E-state index contributed by atoms with van der Waals surface area (Å²) in [6, 6.07) is 0. The van der Waals surface area contributed by atoms with Gasteiger partial charge in [0.1, 0.15) is 6.61 Å². The number of hydrogen-bond donors (Lipinski definition) is 0. The Hall–Kier alpha value is -0.180. The van der Waals surface area contributed by atoms with Gasteiger partial charge in [-0.25, -0.2) is 4.79 Å². The van der Waals surface area contributed by atoms with Crippen LogP contribution in [0.25, 0.3) is 0 Å². The summed E-state index contributed by atoms with van der Waals surface area (Å²) in [7, 11) is 0. The number of rotatable bonds is 7. The molecule has 1 saturated carbocycles. The fourth-order valence-corrected chi connectivity index (χ4v) is 2.90. The lowest BCUT2D eigenvalue weighted by molar-refractivity contribution is -0.151. The molecule has 1 unspecified atom stereocenters. The van der Waals surface area contributed by atoms with E-state index in [1.807, 2.05) is 13.8 Å². The number of ether oxygens (including phenoxy) is 3. The van der Waals surface area contributed by atoms with Crippen LogP contribution in [0.4, 0.5) is 0 Å². The van der Waals surface area contributed by atoms with E-state index in [4.69, 9.17) is 49.0 Å². The molecule has 0 aromatic rings. The van der Waals surface area contributed by atoms with E-state index in [-0.39, 0.29) is 18.3 Å². The first-order chi connectivity index (χ1) is 11.3. The van der Waals surface area contributed by atoms with Crippen molar-refractivity contribution in [3.8, 4) is 11.8 Å². The average Bonchev–Trinajstić information content (AvgIpc) is 2.52. The lowest BCUT2D eigenvalue weighted by atomic mass is 9.72. The molecule has 1 rings (SSSR count). The molecule has 1 atom stereocenters. The van der Waals surface area contributed by atoms with Crippen molar-refractivity contribution in [2.75, 3.05) is 19.8 Å².